The number of hydrogen-bond donors (Lipinski definition) is 1. The van der Waals surface area contributed by atoms with E-state index >= 15 is 0 Å². The molecule has 108 valence electrons. The molecular weight excluding hydrogens is 236 g/mol. The molecule has 1 amide bonds. The summed E-state index contributed by atoms with van der Waals surface area (Å²) < 4.78 is 0. The van der Waals surface area contributed by atoms with Crippen molar-refractivity contribution in [2.24, 2.45) is 17.8 Å². The fraction of sp³-hybridized carbons (Fsp3) is 0.938. The van der Waals surface area contributed by atoms with Crippen molar-refractivity contribution in [3.8, 4) is 0 Å². The number of carbonyl (C=O) groups is 1. The number of nitrogens with one attached hydrogen (secondary N) is 1. The van der Waals surface area contributed by atoms with Crippen LogP contribution in [-0.4, -0.2) is 35.5 Å². The first-order valence-corrected chi connectivity index (χ1v) is 7.99. The average molecular weight is 264 g/mol. The lowest BCUT2D eigenvalue weighted by atomic mass is 9.96. The summed E-state index contributed by atoms with van der Waals surface area (Å²) >= 11 is 0. The Hall–Kier alpha value is -0.570. The molecule has 3 rings (SSSR count). The molecular formula is C16H28N2O. The molecule has 1 aliphatic heterocycles. The molecule has 2 saturated carbocycles. The Morgan fingerprint density at radius 1 is 1.05 bits per heavy atom. The first-order chi connectivity index (χ1) is 8.93. The SMILES string of the molecule is CC(C)(C)N1CCC(NC(=O)C2CC3CC3C2)CC1. The van der Waals surface area contributed by atoms with Gasteiger partial charge in [0, 0.05) is 30.6 Å². The summed E-state index contributed by atoms with van der Waals surface area (Å²) in [6.07, 6.45) is 5.95. The second kappa shape index (κ2) is 4.76. The summed E-state index contributed by atoms with van der Waals surface area (Å²) in [4.78, 5) is 14.8. The van der Waals surface area contributed by atoms with Gasteiger partial charge in [0.15, 0.2) is 0 Å². The molecule has 2 unspecified atom stereocenters. The standard InChI is InChI=1S/C16H28N2O/c1-16(2,3)18-6-4-14(5-7-18)17-15(19)13-9-11-8-12(11)10-13/h11-14H,4-10H2,1-3H3,(H,17,19). The van der Waals surface area contributed by atoms with E-state index in [0.717, 1.165) is 50.6 Å². The highest BCUT2D eigenvalue weighted by Crippen LogP contribution is 2.54. The zero-order chi connectivity index (χ0) is 13.6. The molecule has 3 heteroatoms. The zero-order valence-electron chi connectivity index (χ0n) is 12.6. The predicted molar refractivity (Wildman–Crippen MR) is 76.8 cm³/mol. The minimum absolute atomic E-state index is 0.266. The lowest BCUT2D eigenvalue weighted by Gasteiger charge is -2.41. The van der Waals surface area contributed by atoms with Gasteiger partial charge in [-0.05, 0) is 64.7 Å². The van der Waals surface area contributed by atoms with Crippen molar-refractivity contribution < 1.29 is 4.79 Å². The van der Waals surface area contributed by atoms with Crippen LogP contribution in [0.25, 0.3) is 0 Å². The summed E-state index contributed by atoms with van der Waals surface area (Å²) in [5.74, 6) is 2.49. The molecule has 0 aromatic rings. The molecule has 0 radical (unpaired) electrons. The van der Waals surface area contributed by atoms with Crippen LogP contribution in [0.4, 0.5) is 0 Å². The Kier molecular flexibility index (Phi) is 3.36. The van der Waals surface area contributed by atoms with E-state index < -0.39 is 0 Å². The van der Waals surface area contributed by atoms with Gasteiger partial charge in [0.1, 0.15) is 0 Å². The van der Waals surface area contributed by atoms with Crippen molar-refractivity contribution in [1.29, 1.82) is 0 Å². The molecule has 0 aromatic heterocycles. The lowest BCUT2D eigenvalue weighted by Crippen LogP contribution is -2.51. The summed E-state index contributed by atoms with van der Waals surface area (Å²) in [5.41, 5.74) is 0.266. The third-order valence-electron chi connectivity index (χ3n) is 5.40. The van der Waals surface area contributed by atoms with Crippen molar-refractivity contribution in [3.63, 3.8) is 0 Å². The van der Waals surface area contributed by atoms with Gasteiger partial charge >= 0.3 is 0 Å². The van der Waals surface area contributed by atoms with E-state index in [1.54, 1.807) is 0 Å². The maximum atomic E-state index is 12.2. The molecule has 1 heterocycles. The average Bonchev–Trinajstić information content (AvgIpc) is 2.95. The summed E-state index contributed by atoms with van der Waals surface area (Å²) in [6, 6.07) is 0.419. The van der Waals surface area contributed by atoms with E-state index in [-0.39, 0.29) is 5.54 Å². The number of rotatable bonds is 2. The molecule has 3 nitrogen and oxygen atoms in total. The highest BCUT2D eigenvalue weighted by atomic mass is 16.2. The minimum atomic E-state index is 0.266. The molecule has 3 fully saturated rings. The van der Waals surface area contributed by atoms with Gasteiger partial charge in [-0.3, -0.25) is 9.69 Å². The molecule has 0 spiro atoms. The van der Waals surface area contributed by atoms with E-state index in [2.05, 4.69) is 31.0 Å². The van der Waals surface area contributed by atoms with E-state index in [9.17, 15) is 4.79 Å². The molecule has 3 aliphatic rings. The molecule has 1 saturated heterocycles. The van der Waals surface area contributed by atoms with Gasteiger partial charge in [-0.1, -0.05) is 0 Å². The summed E-state index contributed by atoms with van der Waals surface area (Å²) in [7, 11) is 0. The molecule has 2 aliphatic carbocycles. The summed E-state index contributed by atoms with van der Waals surface area (Å²) in [6.45, 7) is 9.05. The fourth-order valence-corrected chi connectivity index (χ4v) is 3.94. The van der Waals surface area contributed by atoms with Crippen LogP contribution >= 0.6 is 0 Å². The van der Waals surface area contributed by atoms with Gasteiger partial charge < -0.3 is 5.32 Å². The van der Waals surface area contributed by atoms with Gasteiger partial charge in [-0.15, -0.1) is 0 Å². The summed E-state index contributed by atoms with van der Waals surface area (Å²) in [5, 5.41) is 3.31. The van der Waals surface area contributed by atoms with Crippen molar-refractivity contribution in [1.82, 2.24) is 10.2 Å². The van der Waals surface area contributed by atoms with Crippen LogP contribution in [0.3, 0.4) is 0 Å². The van der Waals surface area contributed by atoms with Crippen molar-refractivity contribution in [2.45, 2.75) is 64.5 Å². The molecule has 0 aromatic carbocycles. The van der Waals surface area contributed by atoms with Crippen molar-refractivity contribution in [3.05, 3.63) is 0 Å². The number of fused-ring (bicyclic) bond motifs is 1. The van der Waals surface area contributed by atoms with E-state index in [1.807, 2.05) is 0 Å². The number of nitrogens with zero attached hydrogens (tertiary/aromatic N) is 1. The Morgan fingerprint density at radius 3 is 2.16 bits per heavy atom. The van der Waals surface area contributed by atoms with Gasteiger partial charge in [-0.2, -0.15) is 0 Å². The smallest absolute Gasteiger partial charge is 0.223 e. The number of carbonyl (C=O) groups excluding carboxylic acids is 1. The second-order valence-corrected chi connectivity index (χ2v) is 7.86. The fourth-order valence-electron chi connectivity index (χ4n) is 3.94. The number of amides is 1. The number of likely N-dealkylation sites (tertiary alicyclic amines) is 1. The predicted octanol–water partition coefficient (Wildman–Crippen LogP) is 2.41. The molecule has 1 N–H and O–H groups in total. The van der Waals surface area contributed by atoms with Crippen LogP contribution in [0, 0.1) is 17.8 Å². The zero-order valence-corrected chi connectivity index (χ0v) is 12.6. The van der Waals surface area contributed by atoms with Crippen LogP contribution in [0.2, 0.25) is 0 Å². The van der Waals surface area contributed by atoms with E-state index in [1.165, 1.54) is 6.42 Å². The minimum Gasteiger partial charge on any atom is -0.353 e. The van der Waals surface area contributed by atoms with Gasteiger partial charge in [0.25, 0.3) is 0 Å². The Bertz CT molecular complexity index is 342. The maximum Gasteiger partial charge on any atom is 0.223 e. The Balaban J connectivity index is 1.43. The molecule has 19 heavy (non-hydrogen) atoms. The largest absolute Gasteiger partial charge is 0.353 e. The first kappa shape index (κ1) is 13.4. The van der Waals surface area contributed by atoms with Gasteiger partial charge in [0.2, 0.25) is 5.91 Å². The lowest BCUT2D eigenvalue weighted by molar-refractivity contribution is -0.126. The monoisotopic (exact) mass is 264 g/mol. The number of hydrogen-bond acceptors (Lipinski definition) is 2. The van der Waals surface area contributed by atoms with Crippen molar-refractivity contribution in [2.75, 3.05) is 13.1 Å². The second-order valence-electron chi connectivity index (χ2n) is 7.86. The van der Waals surface area contributed by atoms with E-state index in [4.69, 9.17) is 0 Å². The topological polar surface area (TPSA) is 32.3 Å². The van der Waals surface area contributed by atoms with Crippen molar-refractivity contribution >= 4 is 5.91 Å². The van der Waals surface area contributed by atoms with Crippen LogP contribution in [0.15, 0.2) is 0 Å². The Labute approximate surface area is 117 Å². The molecule has 0 bridgehead atoms. The maximum absolute atomic E-state index is 12.2. The highest BCUT2D eigenvalue weighted by Gasteiger charge is 2.48. The van der Waals surface area contributed by atoms with Crippen LogP contribution in [-0.2, 0) is 4.79 Å². The van der Waals surface area contributed by atoms with Crippen LogP contribution < -0.4 is 5.32 Å². The van der Waals surface area contributed by atoms with Gasteiger partial charge in [0.05, 0.1) is 0 Å². The first-order valence-electron chi connectivity index (χ1n) is 7.99. The quantitative estimate of drug-likeness (QED) is 0.830. The van der Waals surface area contributed by atoms with Crippen LogP contribution in [0.1, 0.15) is 52.9 Å². The van der Waals surface area contributed by atoms with E-state index in [0.29, 0.717) is 17.9 Å². The van der Waals surface area contributed by atoms with Gasteiger partial charge in [-0.25, -0.2) is 0 Å². The molecule has 2 atom stereocenters. The third kappa shape index (κ3) is 2.96. The van der Waals surface area contributed by atoms with Crippen LogP contribution in [0.5, 0.6) is 0 Å². The number of piperidine rings is 1. The normalized spacial score (nSPS) is 36.1. The Morgan fingerprint density at radius 2 is 1.63 bits per heavy atom. The highest BCUT2D eigenvalue weighted by molar-refractivity contribution is 5.79. The third-order valence-corrected chi connectivity index (χ3v) is 5.40.